The van der Waals surface area contributed by atoms with Gasteiger partial charge in [0.2, 0.25) is 0 Å². The second-order valence-corrected chi connectivity index (χ2v) is 5.80. The highest BCUT2D eigenvalue weighted by Crippen LogP contribution is 2.25. The lowest BCUT2D eigenvalue weighted by molar-refractivity contribution is 0.0948. The molecule has 2 rings (SSSR count). The van der Waals surface area contributed by atoms with Gasteiger partial charge >= 0.3 is 0 Å². The van der Waals surface area contributed by atoms with E-state index < -0.39 is 0 Å². The quantitative estimate of drug-likeness (QED) is 0.799. The Kier molecular flexibility index (Phi) is 5.68. The number of carbonyl (C=O) groups excluding carboxylic acids is 1. The fourth-order valence-corrected chi connectivity index (χ4v) is 2.52. The summed E-state index contributed by atoms with van der Waals surface area (Å²) >= 11 is 0. The van der Waals surface area contributed by atoms with Gasteiger partial charge in [-0.15, -0.1) is 0 Å². The Bertz CT molecular complexity index is 674. The number of aromatic nitrogens is 2. The van der Waals surface area contributed by atoms with Crippen molar-refractivity contribution in [2.75, 3.05) is 11.9 Å². The normalized spacial score (nSPS) is 10.4. The Balaban J connectivity index is 2.16. The smallest absolute Gasteiger partial charge is 0.270 e. The number of carbonyl (C=O) groups is 1. The monoisotopic (exact) mass is 312 g/mol. The van der Waals surface area contributed by atoms with Crippen LogP contribution in [0.3, 0.4) is 0 Å². The minimum absolute atomic E-state index is 0.166. The maximum absolute atomic E-state index is 12.1. The van der Waals surface area contributed by atoms with Gasteiger partial charge in [-0.05, 0) is 38.3 Å². The first-order valence-electron chi connectivity index (χ1n) is 7.96. The molecule has 1 amide bonds. The topological polar surface area (TPSA) is 66.9 Å². The van der Waals surface area contributed by atoms with Crippen molar-refractivity contribution >= 4 is 17.4 Å². The SMILES string of the molecule is CCCCNC(=O)c1cc(Nc2c(C)cc(C)cc2C)ncn1. The number of hydrogen-bond acceptors (Lipinski definition) is 4. The van der Waals surface area contributed by atoms with Crippen LogP contribution in [-0.2, 0) is 0 Å². The highest BCUT2D eigenvalue weighted by Gasteiger charge is 2.10. The molecule has 2 aromatic rings. The molecular weight excluding hydrogens is 288 g/mol. The minimum Gasteiger partial charge on any atom is -0.351 e. The van der Waals surface area contributed by atoms with Gasteiger partial charge in [0.15, 0.2) is 0 Å². The molecule has 0 unspecified atom stereocenters. The van der Waals surface area contributed by atoms with Crippen molar-refractivity contribution in [2.45, 2.75) is 40.5 Å². The van der Waals surface area contributed by atoms with E-state index >= 15 is 0 Å². The number of amides is 1. The number of anilines is 2. The Labute approximate surface area is 137 Å². The van der Waals surface area contributed by atoms with Gasteiger partial charge in [0.25, 0.3) is 5.91 Å². The first kappa shape index (κ1) is 16.9. The fourth-order valence-electron chi connectivity index (χ4n) is 2.52. The van der Waals surface area contributed by atoms with E-state index in [4.69, 9.17) is 0 Å². The Morgan fingerprint density at radius 1 is 1.09 bits per heavy atom. The molecule has 2 N–H and O–H groups in total. The minimum atomic E-state index is -0.166. The van der Waals surface area contributed by atoms with Crippen LogP contribution in [0.25, 0.3) is 0 Å². The third-order valence-corrected chi connectivity index (χ3v) is 3.65. The number of aryl methyl sites for hydroxylation is 3. The molecule has 0 fully saturated rings. The van der Waals surface area contributed by atoms with Crippen molar-refractivity contribution < 1.29 is 4.79 Å². The highest BCUT2D eigenvalue weighted by atomic mass is 16.1. The lowest BCUT2D eigenvalue weighted by atomic mass is 10.1. The third kappa shape index (κ3) is 4.52. The predicted octanol–water partition coefficient (Wildman–Crippen LogP) is 3.68. The standard InChI is InChI=1S/C18H24N4O/c1-5-6-7-19-18(23)15-10-16(21-11-20-15)22-17-13(3)8-12(2)9-14(17)4/h8-11H,5-7H2,1-4H3,(H,19,23)(H,20,21,22). The zero-order valence-corrected chi connectivity index (χ0v) is 14.2. The summed E-state index contributed by atoms with van der Waals surface area (Å²) in [6, 6.07) is 5.92. The Hall–Kier alpha value is -2.43. The summed E-state index contributed by atoms with van der Waals surface area (Å²) < 4.78 is 0. The maximum atomic E-state index is 12.1. The molecule has 122 valence electrons. The van der Waals surface area contributed by atoms with Crippen LogP contribution in [0.5, 0.6) is 0 Å². The first-order valence-corrected chi connectivity index (χ1v) is 7.96. The van der Waals surface area contributed by atoms with Crippen LogP contribution >= 0.6 is 0 Å². The van der Waals surface area contributed by atoms with Crippen LogP contribution in [0, 0.1) is 20.8 Å². The zero-order valence-electron chi connectivity index (χ0n) is 14.2. The van der Waals surface area contributed by atoms with Crippen LogP contribution in [0.1, 0.15) is 46.9 Å². The van der Waals surface area contributed by atoms with Crippen molar-refractivity contribution in [1.29, 1.82) is 0 Å². The van der Waals surface area contributed by atoms with Crippen LogP contribution in [0.2, 0.25) is 0 Å². The van der Waals surface area contributed by atoms with Gasteiger partial charge in [0.05, 0.1) is 0 Å². The van der Waals surface area contributed by atoms with Crippen LogP contribution in [0.4, 0.5) is 11.5 Å². The molecule has 0 aliphatic carbocycles. The van der Waals surface area contributed by atoms with Gasteiger partial charge in [0, 0.05) is 18.3 Å². The zero-order chi connectivity index (χ0) is 16.8. The lowest BCUT2D eigenvalue weighted by Crippen LogP contribution is -2.25. The molecule has 1 aromatic heterocycles. The second-order valence-electron chi connectivity index (χ2n) is 5.80. The molecule has 1 heterocycles. The molecule has 0 radical (unpaired) electrons. The number of unbranched alkanes of at least 4 members (excludes halogenated alkanes) is 1. The highest BCUT2D eigenvalue weighted by molar-refractivity contribution is 5.93. The van der Waals surface area contributed by atoms with E-state index in [9.17, 15) is 4.79 Å². The summed E-state index contributed by atoms with van der Waals surface area (Å²) in [5, 5.41) is 6.16. The van der Waals surface area contributed by atoms with Gasteiger partial charge in [-0.3, -0.25) is 4.79 Å². The molecule has 23 heavy (non-hydrogen) atoms. The van der Waals surface area contributed by atoms with Crippen molar-refractivity contribution in [3.05, 3.63) is 46.9 Å². The first-order chi connectivity index (χ1) is 11.0. The predicted molar refractivity (Wildman–Crippen MR) is 93.2 cm³/mol. The third-order valence-electron chi connectivity index (χ3n) is 3.65. The summed E-state index contributed by atoms with van der Waals surface area (Å²) in [4.78, 5) is 20.3. The van der Waals surface area contributed by atoms with Crippen molar-refractivity contribution in [2.24, 2.45) is 0 Å². The molecule has 5 heteroatoms. The van der Waals surface area contributed by atoms with Gasteiger partial charge < -0.3 is 10.6 Å². The summed E-state index contributed by atoms with van der Waals surface area (Å²) in [6.45, 7) is 8.94. The summed E-state index contributed by atoms with van der Waals surface area (Å²) in [5.41, 5.74) is 4.92. The fraction of sp³-hybridized carbons (Fsp3) is 0.389. The van der Waals surface area contributed by atoms with Crippen molar-refractivity contribution in [3.63, 3.8) is 0 Å². The van der Waals surface area contributed by atoms with E-state index in [0.29, 0.717) is 18.1 Å². The van der Waals surface area contributed by atoms with E-state index in [1.54, 1.807) is 6.07 Å². The summed E-state index contributed by atoms with van der Waals surface area (Å²) in [7, 11) is 0. The lowest BCUT2D eigenvalue weighted by Gasteiger charge is -2.13. The largest absolute Gasteiger partial charge is 0.351 e. The number of nitrogens with zero attached hydrogens (tertiary/aromatic N) is 2. The number of benzene rings is 1. The van der Waals surface area contributed by atoms with Crippen LogP contribution < -0.4 is 10.6 Å². The molecule has 0 saturated carbocycles. The van der Waals surface area contributed by atoms with Gasteiger partial charge in [-0.25, -0.2) is 9.97 Å². The van der Waals surface area contributed by atoms with Crippen LogP contribution in [-0.4, -0.2) is 22.4 Å². The molecule has 1 aromatic carbocycles. The second kappa shape index (κ2) is 7.72. The Morgan fingerprint density at radius 3 is 2.43 bits per heavy atom. The van der Waals surface area contributed by atoms with Gasteiger partial charge in [-0.1, -0.05) is 31.0 Å². The molecule has 0 spiro atoms. The summed E-state index contributed by atoms with van der Waals surface area (Å²) in [5.74, 6) is 0.456. The van der Waals surface area contributed by atoms with E-state index in [0.717, 1.165) is 29.7 Å². The molecule has 0 aliphatic heterocycles. The van der Waals surface area contributed by atoms with E-state index in [2.05, 4.69) is 60.4 Å². The molecule has 0 atom stereocenters. The molecule has 0 saturated heterocycles. The molecule has 0 bridgehead atoms. The number of nitrogens with one attached hydrogen (secondary N) is 2. The van der Waals surface area contributed by atoms with Crippen LogP contribution in [0.15, 0.2) is 24.5 Å². The molecule has 0 aliphatic rings. The molecule has 5 nitrogen and oxygen atoms in total. The van der Waals surface area contributed by atoms with E-state index in [1.165, 1.54) is 11.9 Å². The Morgan fingerprint density at radius 2 is 1.78 bits per heavy atom. The van der Waals surface area contributed by atoms with E-state index in [-0.39, 0.29) is 5.91 Å². The maximum Gasteiger partial charge on any atom is 0.270 e. The number of hydrogen-bond donors (Lipinski definition) is 2. The molecular formula is C18H24N4O. The van der Waals surface area contributed by atoms with Gasteiger partial charge in [-0.2, -0.15) is 0 Å². The van der Waals surface area contributed by atoms with Gasteiger partial charge in [0.1, 0.15) is 17.8 Å². The van der Waals surface area contributed by atoms with Crippen molar-refractivity contribution in [3.8, 4) is 0 Å². The average Bonchev–Trinajstić information content (AvgIpc) is 2.51. The number of rotatable bonds is 6. The summed E-state index contributed by atoms with van der Waals surface area (Å²) in [6.07, 6.45) is 3.42. The van der Waals surface area contributed by atoms with Crippen molar-refractivity contribution in [1.82, 2.24) is 15.3 Å². The average molecular weight is 312 g/mol. The van der Waals surface area contributed by atoms with E-state index in [1.807, 2.05) is 0 Å².